The van der Waals surface area contributed by atoms with Gasteiger partial charge in [-0.3, -0.25) is 0 Å². The van der Waals surface area contributed by atoms with Gasteiger partial charge in [-0.05, 0) is 18.4 Å². The number of aliphatic hydroxyl groups is 1. The quantitative estimate of drug-likeness (QED) is 0.799. The molecule has 2 fully saturated rings. The van der Waals surface area contributed by atoms with E-state index >= 15 is 0 Å². The lowest BCUT2D eigenvalue weighted by Crippen LogP contribution is -2.51. The molecule has 1 amide bonds. The number of carbonyl (C=O) groups is 1. The summed E-state index contributed by atoms with van der Waals surface area (Å²) in [5, 5.41) is 20.0. The highest BCUT2D eigenvalue weighted by atomic mass is 16.4. The minimum absolute atomic E-state index is 0.0357. The third-order valence-corrected chi connectivity index (χ3v) is 4.30. The maximum absolute atomic E-state index is 11.2. The molecule has 4 nitrogen and oxygen atoms in total. The van der Waals surface area contributed by atoms with Crippen LogP contribution in [0.15, 0.2) is 30.3 Å². The lowest BCUT2D eigenvalue weighted by Gasteiger charge is -2.42. The second kappa shape index (κ2) is 3.99. The van der Waals surface area contributed by atoms with Gasteiger partial charge in [-0.1, -0.05) is 30.3 Å². The van der Waals surface area contributed by atoms with Crippen molar-refractivity contribution in [3.63, 3.8) is 0 Å². The average molecular weight is 247 g/mol. The Morgan fingerprint density at radius 2 is 1.72 bits per heavy atom. The van der Waals surface area contributed by atoms with E-state index in [2.05, 4.69) is 0 Å². The zero-order valence-corrected chi connectivity index (χ0v) is 10.1. The summed E-state index contributed by atoms with van der Waals surface area (Å²) in [7, 11) is 0. The number of hydrogen-bond acceptors (Lipinski definition) is 2. The van der Waals surface area contributed by atoms with E-state index in [9.17, 15) is 15.0 Å². The van der Waals surface area contributed by atoms with Gasteiger partial charge in [0.1, 0.15) is 0 Å². The van der Waals surface area contributed by atoms with Crippen LogP contribution < -0.4 is 0 Å². The van der Waals surface area contributed by atoms with Gasteiger partial charge in [-0.25, -0.2) is 4.79 Å². The van der Waals surface area contributed by atoms with Crippen LogP contribution in [0.1, 0.15) is 31.2 Å². The van der Waals surface area contributed by atoms with Crippen molar-refractivity contribution in [2.45, 2.75) is 43.4 Å². The molecule has 4 heteroatoms. The maximum atomic E-state index is 11.2. The number of fused-ring (bicyclic) bond motifs is 2. The van der Waals surface area contributed by atoms with Crippen molar-refractivity contribution in [2.24, 2.45) is 0 Å². The number of hydrogen-bond donors (Lipinski definition) is 2. The van der Waals surface area contributed by atoms with Crippen LogP contribution in [-0.4, -0.2) is 33.3 Å². The van der Waals surface area contributed by atoms with Gasteiger partial charge >= 0.3 is 6.09 Å². The molecule has 3 rings (SSSR count). The third kappa shape index (κ3) is 1.68. The number of amides is 1. The molecule has 2 saturated heterocycles. The second-order valence-electron chi connectivity index (χ2n) is 5.38. The molecular formula is C14H17NO3. The predicted octanol–water partition coefficient (Wildman–Crippen LogP) is 2.18. The molecule has 18 heavy (non-hydrogen) atoms. The first-order chi connectivity index (χ1) is 8.60. The number of nitrogens with zero attached hydrogens (tertiary/aromatic N) is 1. The Kier molecular flexibility index (Phi) is 2.55. The molecule has 0 aromatic heterocycles. The first-order valence-electron chi connectivity index (χ1n) is 6.39. The van der Waals surface area contributed by atoms with Crippen molar-refractivity contribution in [3.8, 4) is 0 Å². The molecule has 2 unspecified atom stereocenters. The van der Waals surface area contributed by atoms with E-state index in [0.29, 0.717) is 12.8 Å². The van der Waals surface area contributed by atoms with Crippen molar-refractivity contribution in [1.82, 2.24) is 4.90 Å². The van der Waals surface area contributed by atoms with Gasteiger partial charge in [0.2, 0.25) is 0 Å². The van der Waals surface area contributed by atoms with Crippen molar-refractivity contribution >= 4 is 6.09 Å². The van der Waals surface area contributed by atoms with E-state index in [0.717, 1.165) is 18.4 Å². The summed E-state index contributed by atoms with van der Waals surface area (Å²) in [4.78, 5) is 12.7. The number of rotatable bonds is 1. The fraction of sp³-hybridized carbons (Fsp3) is 0.500. The van der Waals surface area contributed by atoms with Gasteiger partial charge in [-0.2, -0.15) is 0 Å². The van der Waals surface area contributed by atoms with Gasteiger partial charge in [0.25, 0.3) is 0 Å². The fourth-order valence-electron chi connectivity index (χ4n) is 3.52. The van der Waals surface area contributed by atoms with Gasteiger partial charge in [0.05, 0.1) is 5.60 Å². The smallest absolute Gasteiger partial charge is 0.407 e. The predicted molar refractivity (Wildman–Crippen MR) is 66.2 cm³/mol. The minimum Gasteiger partial charge on any atom is -0.465 e. The van der Waals surface area contributed by atoms with Crippen molar-refractivity contribution in [3.05, 3.63) is 35.9 Å². The van der Waals surface area contributed by atoms with Crippen molar-refractivity contribution < 1.29 is 15.0 Å². The lowest BCUT2D eigenvalue weighted by molar-refractivity contribution is -0.0492. The molecule has 0 spiro atoms. The molecule has 2 aliphatic rings. The van der Waals surface area contributed by atoms with E-state index in [4.69, 9.17) is 0 Å². The largest absolute Gasteiger partial charge is 0.465 e. The Morgan fingerprint density at radius 1 is 1.17 bits per heavy atom. The molecule has 1 aromatic rings. The zero-order chi connectivity index (χ0) is 12.8. The molecule has 2 N–H and O–H groups in total. The molecule has 2 atom stereocenters. The second-order valence-corrected chi connectivity index (χ2v) is 5.38. The highest BCUT2D eigenvalue weighted by Gasteiger charge is 2.50. The van der Waals surface area contributed by atoms with E-state index in [-0.39, 0.29) is 12.1 Å². The molecule has 0 saturated carbocycles. The molecule has 0 aliphatic carbocycles. The first kappa shape index (κ1) is 11.5. The van der Waals surface area contributed by atoms with E-state index in [1.54, 1.807) is 0 Å². The van der Waals surface area contributed by atoms with E-state index in [1.165, 1.54) is 4.90 Å². The maximum Gasteiger partial charge on any atom is 0.407 e. The standard InChI is InChI=1S/C14H17NO3/c16-13(17)15-11-6-7-12(15)9-14(18,8-11)10-4-2-1-3-5-10/h1-5,11-12,18H,6-9H2,(H,16,17). The molecular weight excluding hydrogens is 230 g/mol. The molecule has 1 aromatic carbocycles. The van der Waals surface area contributed by atoms with Gasteiger partial charge in [0, 0.05) is 24.9 Å². The number of piperidine rings is 1. The van der Waals surface area contributed by atoms with Crippen LogP contribution in [0.5, 0.6) is 0 Å². The van der Waals surface area contributed by atoms with E-state index in [1.807, 2.05) is 30.3 Å². The summed E-state index contributed by atoms with van der Waals surface area (Å²) < 4.78 is 0. The lowest BCUT2D eigenvalue weighted by atomic mass is 9.81. The Labute approximate surface area is 106 Å². The summed E-state index contributed by atoms with van der Waals surface area (Å²) >= 11 is 0. The van der Waals surface area contributed by atoms with Crippen molar-refractivity contribution in [1.29, 1.82) is 0 Å². The summed E-state index contributed by atoms with van der Waals surface area (Å²) in [5.74, 6) is 0. The Balaban J connectivity index is 1.89. The molecule has 2 heterocycles. The monoisotopic (exact) mass is 247 g/mol. The van der Waals surface area contributed by atoms with Gasteiger partial charge in [0.15, 0.2) is 0 Å². The Hall–Kier alpha value is -1.55. The van der Waals surface area contributed by atoms with Crippen LogP contribution in [0.3, 0.4) is 0 Å². The molecule has 0 radical (unpaired) electrons. The highest BCUT2D eigenvalue weighted by molar-refractivity contribution is 5.66. The average Bonchev–Trinajstić information content (AvgIpc) is 2.64. The molecule has 96 valence electrons. The normalized spacial score (nSPS) is 34.6. The summed E-state index contributed by atoms with van der Waals surface area (Å²) in [6.45, 7) is 0. The zero-order valence-electron chi connectivity index (χ0n) is 10.1. The topological polar surface area (TPSA) is 60.8 Å². The number of benzene rings is 1. The molecule has 2 bridgehead atoms. The SMILES string of the molecule is O=C(O)N1C2CCC1CC(O)(c1ccccc1)C2. The van der Waals surface area contributed by atoms with Crippen LogP contribution >= 0.6 is 0 Å². The fourth-order valence-corrected chi connectivity index (χ4v) is 3.52. The van der Waals surface area contributed by atoms with Crippen LogP contribution in [0.25, 0.3) is 0 Å². The van der Waals surface area contributed by atoms with Crippen LogP contribution in [0.4, 0.5) is 4.79 Å². The minimum atomic E-state index is -0.862. The van der Waals surface area contributed by atoms with Crippen molar-refractivity contribution in [2.75, 3.05) is 0 Å². The van der Waals surface area contributed by atoms with Crippen LogP contribution in [0, 0.1) is 0 Å². The highest BCUT2D eigenvalue weighted by Crippen LogP contribution is 2.45. The van der Waals surface area contributed by atoms with Crippen LogP contribution in [-0.2, 0) is 5.60 Å². The van der Waals surface area contributed by atoms with Gasteiger partial charge < -0.3 is 15.1 Å². The summed E-state index contributed by atoms with van der Waals surface area (Å²) in [5.41, 5.74) is 0.0471. The number of carboxylic acid groups (broad SMARTS) is 1. The summed E-state index contributed by atoms with van der Waals surface area (Å²) in [6, 6.07) is 9.54. The third-order valence-electron chi connectivity index (χ3n) is 4.30. The van der Waals surface area contributed by atoms with Gasteiger partial charge in [-0.15, -0.1) is 0 Å². The van der Waals surface area contributed by atoms with Crippen LogP contribution in [0.2, 0.25) is 0 Å². The molecule has 2 aliphatic heterocycles. The Bertz CT molecular complexity index is 445. The Morgan fingerprint density at radius 3 is 2.22 bits per heavy atom. The summed E-state index contributed by atoms with van der Waals surface area (Å²) in [6.07, 6.45) is 1.91. The first-order valence-corrected chi connectivity index (χ1v) is 6.39. The van der Waals surface area contributed by atoms with E-state index < -0.39 is 11.7 Å².